The summed E-state index contributed by atoms with van der Waals surface area (Å²) in [6, 6.07) is 6.18. The van der Waals surface area contributed by atoms with E-state index in [4.69, 9.17) is 15.2 Å². The Labute approximate surface area is 103 Å². The number of unbranched alkanes of at least 4 members (excludes halogenated alkanes) is 1. The van der Waals surface area contributed by atoms with Crippen molar-refractivity contribution >= 4 is 0 Å². The van der Waals surface area contributed by atoms with E-state index < -0.39 is 0 Å². The molecule has 0 saturated carbocycles. The third kappa shape index (κ3) is 3.13. The predicted octanol–water partition coefficient (Wildman–Crippen LogP) is 2.72. The van der Waals surface area contributed by atoms with Crippen molar-refractivity contribution < 1.29 is 9.47 Å². The normalized spacial score (nSPS) is 14.9. The van der Waals surface area contributed by atoms with Gasteiger partial charge in [-0.1, -0.05) is 25.8 Å². The fourth-order valence-corrected chi connectivity index (χ4v) is 2.20. The van der Waals surface area contributed by atoms with Gasteiger partial charge in [0.15, 0.2) is 11.5 Å². The van der Waals surface area contributed by atoms with Crippen molar-refractivity contribution in [3.8, 4) is 11.5 Å². The van der Waals surface area contributed by atoms with Crippen molar-refractivity contribution in [2.75, 3.05) is 13.3 Å². The molecule has 2 rings (SSSR count). The van der Waals surface area contributed by atoms with Crippen LogP contribution in [0.3, 0.4) is 0 Å². The molecule has 17 heavy (non-hydrogen) atoms. The first kappa shape index (κ1) is 12.2. The summed E-state index contributed by atoms with van der Waals surface area (Å²) in [6.45, 7) is 3.32. The van der Waals surface area contributed by atoms with Gasteiger partial charge in [0.1, 0.15) is 0 Å². The van der Waals surface area contributed by atoms with Crippen molar-refractivity contribution in [1.29, 1.82) is 0 Å². The van der Waals surface area contributed by atoms with Crippen molar-refractivity contribution in [2.24, 2.45) is 11.7 Å². The molecule has 1 aliphatic heterocycles. The zero-order chi connectivity index (χ0) is 12.1. The highest BCUT2D eigenvalue weighted by atomic mass is 16.7. The first-order chi connectivity index (χ1) is 8.33. The number of hydrogen-bond donors (Lipinski definition) is 1. The molecule has 1 aromatic carbocycles. The highest BCUT2D eigenvalue weighted by molar-refractivity contribution is 5.44. The van der Waals surface area contributed by atoms with E-state index in [1.807, 2.05) is 6.07 Å². The van der Waals surface area contributed by atoms with Gasteiger partial charge < -0.3 is 15.2 Å². The van der Waals surface area contributed by atoms with E-state index >= 15 is 0 Å². The van der Waals surface area contributed by atoms with E-state index in [9.17, 15) is 0 Å². The van der Waals surface area contributed by atoms with Gasteiger partial charge in [-0.3, -0.25) is 0 Å². The third-order valence-electron chi connectivity index (χ3n) is 3.26. The van der Waals surface area contributed by atoms with Crippen LogP contribution in [-0.4, -0.2) is 13.3 Å². The van der Waals surface area contributed by atoms with E-state index in [1.54, 1.807) is 0 Å². The minimum absolute atomic E-state index is 0.342. The van der Waals surface area contributed by atoms with Gasteiger partial charge in [-0.25, -0.2) is 0 Å². The van der Waals surface area contributed by atoms with E-state index in [0.29, 0.717) is 12.7 Å². The molecular weight excluding hydrogens is 214 g/mol. The van der Waals surface area contributed by atoms with Crippen LogP contribution in [0.25, 0.3) is 0 Å². The second-order valence-electron chi connectivity index (χ2n) is 4.64. The maximum Gasteiger partial charge on any atom is 0.231 e. The standard InChI is InChI=1S/C14H21NO2/c1-2-3-4-12(9-15)7-11-5-6-13-14(8-11)17-10-16-13/h5-6,8,12H,2-4,7,9-10,15H2,1H3. The number of ether oxygens (including phenoxy) is 2. The van der Waals surface area contributed by atoms with Gasteiger partial charge >= 0.3 is 0 Å². The summed E-state index contributed by atoms with van der Waals surface area (Å²) in [5, 5.41) is 0. The Morgan fingerprint density at radius 2 is 2.12 bits per heavy atom. The molecule has 1 aliphatic rings. The van der Waals surface area contributed by atoms with Gasteiger partial charge in [-0.15, -0.1) is 0 Å². The first-order valence-electron chi connectivity index (χ1n) is 6.42. The minimum atomic E-state index is 0.342. The van der Waals surface area contributed by atoms with Crippen LogP contribution < -0.4 is 15.2 Å². The van der Waals surface area contributed by atoms with Crippen molar-refractivity contribution in [3.05, 3.63) is 23.8 Å². The number of nitrogens with two attached hydrogens (primary N) is 1. The Hall–Kier alpha value is -1.22. The van der Waals surface area contributed by atoms with E-state index in [2.05, 4.69) is 19.1 Å². The van der Waals surface area contributed by atoms with Crippen LogP contribution >= 0.6 is 0 Å². The van der Waals surface area contributed by atoms with Crippen LogP contribution in [0.4, 0.5) is 0 Å². The van der Waals surface area contributed by atoms with Crippen molar-refractivity contribution in [3.63, 3.8) is 0 Å². The molecule has 0 saturated heterocycles. The first-order valence-corrected chi connectivity index (χ1v) is 6.42. The molecule has 0 aliphatic carbocycles. The Balaban J connectivity index is 1.97. The lowest BCUT2D eigenvalue weighted by atomic mass is 9.94. The highest BCUT2D eigenvalue weighted by Crippen LogP contribution is 2.33. The summed E-state index contributed by atoms with van der Waals surface area (Å²) in [5.41, 5.74) is 7.11. The zero-order valence-corrected chi connectivity index (χ0v) is 10.4. The van der Waals surface area contributed by atoms with Gasteiger partial charge in [-0.05, 0) is 43.0 Å². The van der Waals surface area contributed by atoms with Gasteiger partial charge in [0.2, 0.25) is 6.79 Å². The van der Waals surface area contributed by atoms with Crippen LogP contribution in [0.15, 0.2) is 18.2 Å². The largest absolute Gasteiger partial charge is 0.454 e. The Morgan fingerprint density at radius 3 is 2.88 bits per heavy atom. The van der Waals surface area contributed by atoms with E-state index in [-0.39, 0.29) is 0 Å². The van der Waals surface area contributed by atoms with E-state index in [1.165, 1.54) is 24.8 Å². The molecule has 1 unspecified atom stereocenters. The summed E-state index contributed by atoms with van der Waals surface area (Å²) in [7, 11) is 0. The molecule has 0 amide bonds. The lowest BCUT2D eigenvalue weighted by Gasteiger charge is -2.14. The maximum atomic E-state index is 5.82. The number of rotatable bonds is 6. The fourth-order valence-electron chi connectivity index (χ4n) is 2.20. The van der Waals surface area contributed by atoms with Crippen LogP contribution in [0, 0.1) is 5.92 Å². The fraction of sp³-hybridized carbons (Fsp3) is 0.571. The SMILES string of the molecule is CCCCC(CN)Cc1ccc2c(c1)OCO2. The second kappa shape index (κ2) is 5.92. The Kier molecular flexibility index (Phi) is 4.26. The number of fused-ring (bicyclic) bond motifs is 1. The van der Waals surface area contributed by atoms with Crippen molar-refractivity contribution in [2.45, 2.75) is 32.6 Å². The molecule has 3 heteroatoms. The topological polar surface area (TPSA) is 44.5 Å². The Bertz CT molecular complexity index is 365. The summed E-state index contributed by atoms with van der Waals surface area (Å²) in [5.74, 6) is 2.30. The monoisotopic (exact) mass is 235 g/mol. The third-order valence-corrected chi connectivity index (χ3v) is 3.26. The lowest BCUT2D eigenvalue weighted by Crippen LogP contribution is -2.16. The van der Waals surface area contributed by atoms with Gasteiger partial charge in [0, 0.05) is 0 Å². The average Bonchev–Trinajstić information content (AvgIpc) is 2.81. The van der Waals surface area contributed by atoms with Crippen LogP contribution in [0.1, 0.15) is 31.7 Å². The molecule has 0 aromatic heterocycles. The van der Waals surface area contributed by atoms with Crippen LogP contribution in [0.5, 0.6) is 11.5 Å². The maximum absolute atomic E-state index is 5.82. The number of benzene rings is 1. The zero-order valence-electron chi connectivity index (χ0n) is 10.4. The lowest BCUT2D eigenvalue weighted by molar-refractivity contribution is 0.174. The molecule has 94 valence electrons. The van der Waals surface area contributed by atoms with Crippen LogP contribution in [-0.2, 0) is 6.42 Å². The predicted molar refractivity (Wildman–Crippen MR) is 68.3 cm³/mol. The summed E-state index contributed by atoms with van der Waals surface area (Å²) < 4.78 is 10.7. The molecule has 0 radical (unpaired) electrons. The molecule has 0 fully saturated rings. The molecule has 3 nitrogen and oxygen atoms in total. The quantitative estimate of drug-likeness (QED) is 0.824. The summed E-state index contributed by atoms with van der Waals surface area (Å²) in [4.78, 5) is 0. The van der Waals surface area contributed by atoms with Gasteiger partial charge in [0.25, 0.3) is 0 Å². The molecule has 2 N–H and O–H groups in total. The summed E-state index contributed by atoms with van der Waals surface area (Å²) >= 11 is 0. The van der Waals surface area contributed by atoms with Crippen molar-refractivity contribution in [1.82, 2.24) is 0 Å². The minimum Gasteiger partial charge on any atom is -0.454 e. The van der Waals surface area contributed by atoms with Gasteiger partial charge in [0.05, 0.1) is 0 Å². The van der Waals surface area contributed by atoms with E-state index in [0.717, 1.165) is 24.5 Å². The molecule has 0 spiro atoms. The smallest absolute Gasteiger partial charge is 0.231 e. The molecule has 1 aromatic rings. The van der Waals surface area contributed by atoms with Gasteiger partial charge in [-0.2, -0.15) is 0 Å². The molecule has 1 atom stereocenters. The highest BCUT2D eigenvalue weighted by Gasteiger charge is 2.14. The number of hydrogen-bond acceptors (Lipinski definition) is 3. The summed E-state index contributed by atoms with van der Waals surface area (Å²) in [6.07, 6.45) is 4.73. The molecular formula is C14H21NO2. The molecule has 0 bridgehead atoms. The average molecular weight is 235 g/mol. The second-order valence-corrected chi connectivity index (χ2v) is 4.64. The van der Waals surface area contributed by atoms with Crippen LogP contribution in [0.2, 0.25) is 0 Å². The molecule has 1 heterocycles. The Morgan fingerprint density at radius 1 is 1.29 bits per heavy atom.